The summed E-state index contributed by atoms with van der Waals surface area (Å²) in [7, 11) is 2.04. The van der Waals surface area contributed by atoms with Gasteiger partial charge in [0.05, 0.1) is 11.0 Å². The van der Waals surface area contributed by atoms with Gasteiger partial charge in [-0.1, -0.05) is 0 Å². The van der Waals surface area contributed by atoms with E-state index in [1.54, 1.807) is 41.2 Å². The number of likely N-dealkylation sites (N-methyl/N-ethyl adjacent to an activating group) is 1. The number of aromatic nitrogens is 2. The molecule has 2 heterocycles. The van der Waals surface area contributed by atoms with E-state index in [9.17, 15) is 18.4 Å². The van der Waals surface area contributed by atoms with Crippen molar-refractivity contribution in [1.82, 2.24) is 19.4 Å². The number of carbonyl (C=O) groups excluding carboxylic acids is 2. The fourth-order valence-electron chi connectivity index (χ4n) is 4.45. The molecule has 184 valence electrons. The second-order valence-corrected chi connectivity index (χ2v) is 8.99. The fourth-order valence-corrected chi connectivity index (χ4v) is 4.45. The molecule has 0 spiro atoms. The molecule has 0 bridgehead atoms. The van der Waals surface area contributed by atoms with Crippen molar-refractivity contribution in [3.8, 4) is 16.8 Å². The van der Waals surface area contributed by atoms with E-state index >= 15 is 0 Å². The smallest absolute Gasteiger partial charge is 0.254 e. The number of carbonyl (C=O) groups is 2. The maximum atomic E-state index is 14.6. The van der Waals surface area contributed by atoms with Gasteiger partial charge in [0, 0.05) is 61.7 Å². The SMILES string of the molecule is CC(=O)Nc1cc(-c2ccc(F)cc2F)cc(-n2cnc3cc(C(=O)N4CCN(C)CC4)ccc32)c1. The van der Waals surface area contributed by atoms with E-state index in [0.29, 0.717) is 41.1 Å². The van der Waals surface area contributed by atoms with Crippen molar-refractivity contribution in [2.24, 2.45) is 0 Å². The van der Waals surface area contributed by atoms with E-state index in [0.717, 1.165) is 24.7 Å². The summed E-state index contributed by atoms with van der Waals surface area (Å²) in [5, 5.41) is 2.74. The van der Waals surface area contributed by atoms with Crippen molar-refractivity contribution in [2.45, 2.75) is 6.92 Å². The van der Waals surface area contributed by atoms with Crippen molar-refractivity contribution < 1.29 is 18.4 Å². The Morgan fingerprint density at radius 2 is 1.72 bits per heavy atom. The Morgan fingerprint density at radius 3 is 2.44 bits per heavy atom. The van der Waals surface area contributed by atoms with Crippen LogP contribution >= 0.6 is 0 Å². The fraction of sp³-hybridized carbons (Fsp3) is 0.222. The predicted molar refractivity (Wildman–Crippen MR) is 134 cm³/mol. The molecule has 1 aliphatic rings. The molecule has 1 saturated heterocycles. The highest BCUT2D eigenvalue weighted by atomic mass is 19.1. The molecule has 0 aliphatic carbocycles. The van der Waals surface area contributed by atoms with E-state index in [2.05, 4.69) is 15.2 Å². The van der Waals surface area contributed by atoms with Crippen molar-refractivity contribution in [1.29, 1.82) is 0 Å². The monoisotopic (exact) mass is 489 g/mol. The summed E-state index contributed by atoms with van der Waals surface area (Å²) in [6.07, 6.45) is 1.62. The lowest BCUT2D eigenvalue weighted by Crippen LogP contribution is -2.47. The van der Waals surface area contributed by atoms with Gasteiger partial charge in [0.15, 0.2) is 0 Å². The van der Waals surface area contributed by atoms with Crippen LogP contribution in [0.1, 0.15) is 17.3 Å². The number of anilines is 1. The van der Waals surface area contributed by atoms with Gasteiger partial charge in [-0.05, 0) is 61.1 Å². The average Bonchev–Trinajstić information content (AvgIpc) is 3.27. The van der Waals surface area contributed by atoms with Gasteiger partial charge in [0.2, 0.25) is 5.91 Å². The van der Waals surface area contributed by atoms with Crippen LogP contribution in [-0.4, -0.2) is 64.4 Å². The molecule has 0 radical (unpaired) electrons. The van der Waals surface area contributed by atoms with Crippen LogP contribution in [-0.2, 0) is 4.79 Å². The molecule has 3 aromatic carbocycles. The van der Waals surface area contributed by atoms with Crippen LogP contribution in [0.25, 0.3) is 27.8 Å². The number of halogens is 2. The van der Waals surface area contributed by atoms with Gasteiger partial charge in [-0.3, -0.25) is 14.2 Å². The number of imidazole rings is 1. The molecule has 9 heteroatoms. The van der Waals surface area contributed by atoms with E-state index in [-0.39, 0.29) is 17.4 Å². The first kappa shape index (κ1) is 23.6. The number of fused-ring (bicyclic) bond motifs is 1. The summed E-state index contributed by atoms with van der Waals surface area (Å²) in [5.41, 5.74) is 3.71. The summed E-state index contributed by atoms with van der Waals surface area (Å²) in [5.74, 6) is -1.68. The highest BCUT2D eigenvalue weighted by molar-refractivity contribution is 5.98. The first-order valence-corrected chi connectivity index (χ1v) is 11.6. The Labute approximate surface area is 207 Å². The molecule has 2 amide bonds. The maximum Gasteiger partial charge on any atom is 0.254 e. The van der Waals surface area contributed by atoms with Crippen molar-refractivity contribution in [3.05, 3.63) is 78.1 Å². The summed E-state index contributed by atoms with van der Waals surface area (Å²) in [6.45, 7) is 4.42. The zero-order valence-corrected chi connectivity index (χ0v) is 20.0. The van der Waals surface area contributed by atoms with Gasteiger partial charge in [-0.2, -0.15) is 0 Å². The lowest BCUT2D eigenvalue weighted by atomic mass is 10.0. The van der Waals surface area contributed by atoms with Gasteiger partial charge >= 0.3 is 0 Å². The number of piperazine rings is 1. The van der Waals surface area contributed by atoms with E-state index in [1.807, 2.05) is 18.0 Å². The minimum absolute atomic E-state index is 0.0266. The van der Waals surface area contributed by atoms with Gasteiger partial charge in [-0.25, -0.2) is 13.8 Å². The maximum absolute atomic E-state index is 14.6. The number of hydrogen-bond acceptors (Lipinski definition) is 4. The van der Waals surface area contributed by atoms with Crippen molar-refractivity contribution in [2.75, 3.05) is 38.5 Å². The molecular formula is C27H25F2N5O2. The molecule has 5 rings (SSSR count). The summed E-state index contributed by atoms with van der Waals surface area (Å²) in [6, 6.07) is 13.9. The quantitative estimate of drug-likeness (QED) is 0.464. The summed E-state index contributed by atoms with van der Waals surface area (Å²) >= 11 is 0. The Hall–Kier alpha value is -4.11. The minimum Gasteiger partial charge on any atom is -0.336 e. The van der Waals surface area contributed by atoms with Crippen molar-refractivity contribution >= 4 is 28.5 Å². The predicted octanol–water partition coefficient (Wildman–Crippen LogP) is 4.32. The summed E-state index contributed by atoms with van der Waals surface area (Å²) in [4.78, 5) is 33.3. The standard InChI is InChI=1S/C27H25F2N5O2/c1-17(35)31-21-11-19(23-5-4-20(28)14-24(23)29)12-22(15-21)34-16-30-25-13-18(3-6-26(25)34)27(36)33-9-7-32(2)8-10-33/h3-6,11-16H,7-10H2,1-2H3,(H,31,35). The Morgan fingerprint density at radius 1 is 0.944 bits per heavy atom. The second kappa shape index (κ2) is 9.50. The molecule has 0 unspecified atom stereocenters. The Balaban J connectivity index is 1.53. The van der Waals surface area contributed by atoms with Crippen LogP contribution in [0.5, 0.6) is 0 Å². The number of rotatable bonds is 4. The number of nitrogens with one attached hydrogen (secondary N) is 1. The zero-order chi connectivity index (χ0) is 25.4. The largest absolute Gasteiger partial charge is 0.336 e. The number of nitrogens with zero attached hydrogens (tertiary/aromatic N) is 4. The Bertz CT molecular complexity index is 1470. The van der Waals surface area contributed by atoms with Crippen LogP contribution in [0, 0.1) is 11.6 Å². The third kappa shape index (κ3) is 4.70. The molecule has 1 aliphatic heterocycles. The zero-order valence-electron chi connectivity index (χ0n) is 20.0. The number of amides is 2. The topological polar surface area (TPSA) is 70.5 Å². The first-order chi connectivity index (χ1) is 17.3. The summed E-state index contributed by atoms with van der Waals surface area (Å²) < 4.78 is 29.8. The van der Waals surface area contributed by atoms with Crippen LogP contribution < -0.4 is 5.32 Å². The lowest BCUT2D eigenvalue weighted by molar-refractivity contribution is -0.114. The molecule has 1 aromatic heterocycles. The Kier molecular flexibility index (Phi) is 6.24. The number of hydrogen-bond donors (Lipinski definition) is 1. The normalized spacial score (nSPS) is 14.3. The van der Waals surface area contributed by atoms with E-state index in [4.69, 9.17) is 0 Å². The molecule has 4 aromatic rings. The van der Waals surface area contributed by atoms with E-state index in [1.165, 1.54) is 19.1 Å². The van der Waals surface area contributed by atoms with E-state index < -0.39 is 11.6 Å². The number of benzene rings is 3. The minimum atomic E-state index is -0.705. The van der Waals surface area contributed by atoms with Crippen LogP contribution in [0.4, 0.5) is 14.5 Å². The molecule has 0 saturated carbocycles. The molecule has 7 nitrogen and oxygen atoms in total. The van der Waals surface area contributed by atoms with Crippen LogP contribution in [0.15, 0.2) is 60.9 Å². The van der Waals surface area contributed by atoms with Gasteiger partial charge in [0.1, 0.15) is 18.0 Å². The molecule has 0 atom stereocenters. The third-order valence-corrected chi connectivity index (χ3v) is 6.34. The second-order valence-electron chi connectivity index (χ2n) is 8.99. The van der Waals surface area contributed by atoms with Crippen LogP contribution in [0.2, 0.25) is 0 Å². The highest BCUT2D eigenvalue weighted by Crippen LogP contribution is 2.31. The molecule has 36 heavy (non-hydrogen) atoms. The molecular weight excluding hydrogens is 464 g/mol. The first-order valence-electron chi connectivity index (χ1n) is 11.6. The lowest BCUT2D eigenvalue weighted by Gasteiger charge is -2.32. The average molecular weight is 490 g/mol. The van der Waals surface area contributed by atoms with Gasteiger partial charge in [-0.15, -0.1) is 0 Å². The third-order valence-electron chi connectivity index (χ3n) is 6.34. The van der Waals surface area contributed by atoms with Crippen molar-refractivity contribution in [3.63, 3.8) is 0 Å². The van der Waals surface area contributed by atoms with Crippen LogP contribution in [0.3, 0.4) is 0 Å². The highest BCUT2D eigenvalue weighted by Gasteiger charge is 2.21. The molecule has 1 fully saturated rings. The van der Waals surface area contributed by atoms with Gasteiger partial charge < -0.3 is 15.1 Å². The van der Waals surface area contributed by atoms with Gasteiger partial charge in [0.25, 0.3) is 5.91 Å². The molecule has 1 N–H and O–H groups in total.